The van der Waals surface area contributed by atoms with Crippen LogP contribution in [0.25, 0.3) is 0 Å². The summed E-state index contributed by atoms with van der Waals surface area (Å²) in [7, 11) is 0. The van der Waals surface area contributed by atoms with Crippen LogP contribution in [-0.4, -0.2) is 29.6 Å². The predicted molar refractivity (Wildman–Crippen MR) is 61.6 cm³/mol. The average molecular weight is 278 g/mol. The fourth-order valence-electron chi connectivity index (χ4n) is 0.831. The molecule has 0 aliphatic rings. The van der Waals surface area contributed by atoms with Crippen LogP contribution in [0.4, 0.5) is 0 Å². The molecule has 0 heterocycles. The van der Waals surface area contributed by atoms with E-state index >= 15 is 0 Å². The van der Waals surface area contributed by atoms with Gasteiger partial charge in [0.15, 0.2) is 0 Å². The minimum atomic E-state index is -2.00. The molecule has 0 saturated heterocycles. The van der Waals surface area contributed by atoms with Crippen LogP contribution in [0.3, 0.4) is 0 Å². The van der Waals surface area contributed by atoms with E-state index in [0.717, 1.165) is 19.3 Å². The summed E-state index contributed by atoms with van der Waals surface area (Å²) in [6, 6.07) is 0. The Morgan fingerprint density at radius 2 is 1.80 bits per heavy atom. The van der Waals surface area contributed by atoms with Crippen LogP contribution in [0.1, 0.15) is 26.2 Å². The maximum Gasteiger partial charge on any atom is 0.358 e. The van der Waals surface area contributed by atoms with E-state index in [-0.39, 0.29) is 6.61 Å². The Morgan fingerprint density at radius 1 is 1.13 bits per heavy atom. The van der Waals surface area contributed by atoms with Gasteiger partial charge >= 0.3 is 5.97 Å². The normalized spacial score (nSPS) is 11.5. The van der Waals surface area contributed by atoms with Gasteiger partial charge in [0.1, 0.15) is 6.61 Å². The van der Waals surface area contributed by atoms with Crippen LogP contribution in [0.15, 0.2) is 0 Å². The van der Waals surface area contributed by atoms with E-state index in [4.69, 9.17) is 39.5 Å². The summed E-state index contributed by atoms with van der Waals surface area (Å²) < 4.78 is 7.85. The summed E-state index contributed by atoms with van der Waals surface area (Å²) in [6.45, 7) is 3.22. The van der Waals surface area contributed by atoms with Gasteiger partial charge in [0.25, 0.3) is 3.79 Å². The lowest BCUT2D eigenvalue weighted by molar-refractivity contribution is -0.144. The quantitative estimate of drug-likeness (QED) is 0.407. The SMILES string of the molecule is CCCCCOCCOC(=O)C(Cl)(Cl)Cl. The van der Waals surface area contributed by atoms with Gasteiger partial charge in [-0.25, -0.2) is 4.79 Å². The molecule has 0 aliphatic carbocycles. The van der Waals surface area contributed by atoms with Crippen LogP contribution in [0.2, 0.25) is 0 Å². The Morgan fingerprint density at radius 3 is 2.33 bits per heavy atom. The second-order valence-corrected chi connectivity index (χ2v) is 5.23. The van der Waals surface area contributed by atoms with E-state index in [0.29, 0.717) is 13.2 Å². The molecule has 15 heavy (non-hydrogen) atoms. The van der Waals surface area contributed by atoms with Gasteiger partial charge in [0.2, 0.25) is 0 Å². The number of esters is 1. The molecule has 0 aromatic carbocycles. The summed E-state index contributed by atoms with van der Waals surface area (Å²) in [6.07, 6.45) is 3.29. The first-order valence-corrected chi connectivity index (χ1v) is 5.93. The molecule has 0 radical (unpaired) electrons. The minimum Gasteiger partial charge on any atom is -0.460 e. The first kappa shape index (κ1) is 15.3. The Labute approximate surface area is 105 Å². The molecule has 90 valence electrons. The molecule has 0 atom stereocenters. The zero-order valence-corrected chi connectivity index (χ0v) is 10.9. The Bertz CT molecular complexity index is 180. The standard InChI is InChI=1S/C9H15Cl3O3/c1-2-3-4-5-14-6-7-15-8(13)9(10,11)12/h2-7H2,1H3. The van der Waals surface area contributed by atoms with Gasteiger partial charge in [-0.1, -0.05) is 54.6 Å². The first-order chi connectivity index (χ1) is 6.98. The molecule has 0 rings (SSSR count). The molecule has 6 heteroatoms. The molecule has 0 saturated carbocycles. The number of rotatable bonds is 7. The molecular weight excluding hydrogens is 262 g/mol. The van der Waals surface area contributed by atoms with E-state index in [1.807, 2.05) is 0 Å². The monoisotopic (exact) mass is 276 g/mol. The lowest BCUT2D eigenvalue weighted by Gasteiger charge is -2.10. The minimum absolute atomic E-state index is 0.110. The van der Waals surface area contributed by atoms with Crippen LogP contribution >= 0.6 is 34.8 Å². The number of carbonyl (C=O) groups excluding carboxylic acids is 1. The highest BCUT2D eigenvalue weighted by Crippen LogP contribution is 2.27. The third kappa shape index (κ3) is 9.24. The summed E-state index contributed by atoms with van der Waals surface area (Å²) in [5.41, 5.74) is 0. The molecule has 0 fully saturated rings. The predicted octanol–water partition coefficient (Wildman–Crippen LogP) is 3.11. The van der Waals surface area contributed by atoms with Gasteiger partial charge in [-0.15, -0.1) is 0 Å². The highest BCUT2D eigenvalue weighted by atomic mass is 35.6. The summed E-state index contributed by atoms with van der Waals surface area (Å²) in [5.74, 6) is -0.871. The molecule has 0 N–H and O–H groups in total. The summed E-state index contributed by atoms with van der Waals surface area (Å²) in [5, 5.41) is 0. The molecule has 0 bridgehead atoms. The highest BCUT2D eigenvalue weighted by molar-refractivity contribution is 6.75. The smallest absolute Gasteiger partial charge is 0.358 e. The number of hydrogen-bond acceptors (Lipinski definition) is 3. The maximum atomic E-state index is 10.9. The van der Waals surface area contributed by atoms with Crippen LogP contribution in [-0.2, 0) is 14.3 Å². The molecular formula is C9H15Cl3O3. The van der Waals surface area contributed by atoms with Crippen LogP contribution < -0.4 is 0 Å². The van der Waals surface area contributed by atoms with E-state index in [1.54, 1.807) is 0 Å². The van der Waals surface area contributed by atoms with Gasteiger partial charge < -0.3 is 9.47 Å². The average Bonchev–Trinajstić information content (AvgIpc) is 2.14. The Kier molecular flexibility index (Phi) is 8.62. The number of unbranched alkanes of at least 4 members (excludes halogenated alkanes) is 2. The van der Waals surface area contributed by atoms with Crippen molar-refractivity contribution in [2.45, 2.75) is 30.0 Å². The number of halogens is 3. The largest absolute Gasteiger partial charge is 0.460 e. The molecule has 0 spiro atoms. The van der Waals surface area contributed by atoms with Gasteiger partial charge in [-0.2, -0.15) is 0 Å². The lowest BCUT2D eigenvalue weighted by Crippen LogP contribution is -2.23. The molecule has 0 aliphatic heterocycles. The second-order valence-electron chi connectivity index (χ2n) is 2.95. The third-order valence-electron chi connectivity index (χ3n) is 1.58. The van der Waals surface area contributed by atoms with Crippen molar-refractivity contribution < 1.29 is 14.3 Å². The van der Waals surface area contributed by atoms with E-state index < -0.39 is 9.76 Å². The first-order valence-electron chi connectivity index (χ1n) is 4.80. The van der Waals surface area contributed by atoms with Gasteiger partial charge in [-0.3, -0.25) is 0 Å². The van der Waals surface area contributed by atoms with Crippen LogP contribution in [0.5, 0.6) is 0 Å². The topological polar surface area (TPSA) is 35.5 Å². The summed E-state index contributed by atoms with van der Waals surface area (Å²) in [4.78, 5) is 10.9. The lowest BCUT2D eigenvalue weighted by atomic mass is 10.3. The number of ether oxygens (including phenoxy) is 2. The van der Waals surface area contributed by atoms with Crippen molar-refractivity contribution in [2.75, 3.05) is 19.8 Å². The van der Waals surface area contributed by atoms with Crippen molar-refractivity contribution in [3.63, 3.8) is 0 Å². The van der Waals surface area contributed by atoms with Crippen molar-refractivity contribution in [3.05, 3.63) is 0 Å². The van der Waals surface area contributed by atoms with Gasteiger partial charge in [0, 0.05) is 6.61 Å². The zero-order valence-electron chi connectivity index (χ0n) is 8.60. The summed E-state index contributed by atoms with van der Waals surface area (Å²) >= 11 is 15.8. The van der Waals surface area contributed by atoms with Crippen molar-refractivity contribution in [1.29, 1.82) is 0 Å². The molecule has 0 unspecified atom stereocenters. The molecule has 0 amide bonds. The Balaban J connectivity index is 3.28. The van der Waals surface area contributed by atoms with Crippen molar-refractivity contribution >= 4 is 40.8 Å². The third-order valence-corrected chi connectivity index (χ3v) is 2.05. The van der Waals surface area contributed by atoms with Crippen molar-refractivity contribution in [3.8, 4) is 0 Å². The number of hydrogen-bond donors (Lipinski definition) is 0. The Hall–Kier alpha value is 0.300. The fraction of sp³-hybridized carbons (Fsp3) is 0.889. The van der Waals surface area contributed by atoms with E-state index in [1.165, 1.54) is 0 Å². The van der Waals surface area contributed by atoms with E-state index in [9.17, 15) is 4.79 Å². The number of alkyl halides is 3. The zero-order chi connectivity index (χ0) is 11.7. The fourth-order valence-corrected chi connectivity index (χ4v) is 0.995. The van der Waals surface area contributed by atoms with Crippen LogP contribution in [0, 0.1) is 0 Å². The van der Waals surface area contributed by atoms with Crippen molar-refractivity contribution in [1.82, 2.24) is 0 Å². The maximum absolute atomic E-state index is 10.9. The molecule has 0 aromatic rings. The second kappa shape index (κ2) is 8.45. The van der Waals surface area contributed by atoms with Crippen molar-refractivity contribution in [2.24, 2.45) is 0 Å². The highest BCUT2D eigenvalue weighted by Gasteiger charge is 2.32. The van der Waals surface area contributed by atoms with Gasteiger partial charge in [0.05, 0.1) is 6.61 Å². The molecule has 0 aromatic heterocycles. The van der Waals surface area contributed by atoms with E-state index in [2.05, 4.69) is 11.7 Å². The molecule has 3 nitrogen and oxygen atoms in total. The van der Waals surface area contributed by atoms with Gasteiger partial charge in [-0.05, 0) is 6.42 Å². The number of carbonyl (C=O) groups is 1.